The van der Waals surface area contributed by atoms with Crippen LogP contribution >= 0.6 is 28.6 Å². The molecule has 0 spiro atoms. The average Bonchev–Trinajstić information content (AvgIpc) is 2.45. The van der Waals surface area contributed by atoms with Crippen molar-refractivity contribution in [2.45, 2.75) is 24.2 Å². The molecule has 1 aromatic carbocycles. The number of piperidine rings is 1. The zero-order chi connectivity index (χ0) is 14.5. The number of benzene rings is 1. The fourth-order valence-electron chi connectivity index (χ4n) is 2.20. The van der Waals surface area contributed by atoms with Gasteiger partial charge in [0.05, 0.1) is 12.1 Å². The zero-order valence-corrected chi connectivity index (χ0v) is 13.5. The molecule has 0 unspecified atom stereocenters. The van der Waals surface area contributed by atoms with E-state index in [1.54, 1.807) is 18.2 Å². The molecule has 1 heterocycles. The molecule has 1 fully saturated rings. The van der Waals surface area contributed by atoms with E-state index in [1.165, 1.54) is 6.42 Å². The Morgan fingerprint density at radius 2 is 1.95 bits per heavy atom. The van der Waals surface area contributed by atoms with Crippen LogP contribution in [0.1, 0.15) is 29.6 Å². The van der Waals surface area contributed by atoms with E-state index in [0.717, 1.165) is 30.4 Å². The number of hydrogen-bond acceptors (Lipinski definition) is 3. The van der Waals surface area contributed by atoms with Crippen LogP contribution in [-0.4, -0.2) is 36.3 Å². The Kier molecular flexibility index (Phi) is 5.48. The van der Waals surface area contributed by atoms with Crippen molar-refractivity contribution >= 4 is 40.4 Å². The maximum Gasteiger partial charge on any atom is 0.252 e. The van der Waals surface area contributed by atoms with Gasteiger partial charge in [0.2, 0.25) is 5.91 Å². The molecule has 0 bridgehead atoms. The van der Waals surface area contributed by atoms with Crippen LogP contribution in [0.15, 0.2) is 27.6 Å². The third-order valence-corrected chi connectivity index (χ3v) is 4.18. The molecule has 6 heteroatoms. The summed E-state index contributed by atoms with van der Waals surface area (Å²) >= 11 is 7.59. The summed E-state index contributed by atoms with van der Waals surface area (Å²) in [6, 6.07) is 5.22. The second kappa shape index (κ2) is 7.13. The Bertz CT molecular complexity index is 516. The molecule has 1 aliphatic heterocycles. The summed E-state index contributed by atoms with van der Waals surface area (Å²) in [6.45, 7) is 1.64. The summed E-state index contributed by atoms with van der Waals surface area (Å²) in [5.74, 6) is -0.288. The van der Waals surface area contributed by atoms with Crippen LogP contribution in [0.3, 0.4) is 0 Å². The molecule has 1 saturated heterocycles. The van der Waals surface area contributed by atoms with Crippen molar-refractivity contribution in [2.75, 3.05) is 19.6 Å². The zero-order valence-electron chi connectivity index (χ0n) is 11.1. The van der Waals surface area contributed by atoms with Gasteiger partial charge in [0.15, 0.2) is 0 Å². The summed E-state index contributed by atoms with van der Waals surface area (Å²) in [5, 5.41) is 2.66. The van der Waals surface area contributed by atoms with E-state index in [0.29, 0.717) is 10.5 Å². The maximum atomic E-state index is 12.0. The summed E-state index contributed by atoms with van der Waals surface area (Å²) < 4.78 is 0.864. The van der Waals surface area contributed by atoms with Crippen molar-refractivity contribution in [3.05, 3.63) is 28.2 Å². The number of thiol groups is 1. The Balaban J connectivity index is 1.89. The first kappa shape index (κ1) is 15.4. The molecule has 20 heavy (non-hydrogen) atoms. The quantitative estimate of drug-likeness (QED) is 0.817. The van der Waals surface area contributed by atoms with Crippen LogP contribution in [0, 0.1) is 0 Å². The lowest BCUT2D eigenvalue weighted by Crippen LogP contribution is -2.42. The number of halogens is 1. The Hall–Kier alpha value is -1.01. The minimum absolute atomic E-state index is 0.0177. The molecular formula is C14H17BrN2O2S. The highest BCUT2D eigenvalue weighted by atomic mass is 79.9. The number of carbonyl (C=O) groups excluding carboxylic acids is 2. The lowest BCUT2D eigenvalue weighted by molar-refractivity contribution is -0.130. The topological polar surface area (TPSA) is 49.4 Å². The molecule has 1 aliphatic rings. The van der Waals surface area contributed by atoms with Crippen molar-refractivity contribution < 1.29 is 9.59 Å². The van der Waals surface area contributed by atoms with Gasteiger partial charge >= 0.3 is 0 Å². The first-order chi connectivity index (χ1) is 9.58. The molecule has 2 rings (SSSR count). The van der Waals surface area contributed by atoms with Crippen LogP contribution in [0.2, 0.25) is 0 Å². The number of likely N-dealkylation sites (tertiary alicyclic amines) is 1. The van der Waals surface area contributed by atoms with Crippen molar-refractivity contribution in [1.29, 1.82) is 0 Å². The van der Waals surface area contributed by atoms with Gasteiger partial charge in [-0.15, -0.1) is 12.6 Å². The van der Waals surface area contributed by atoms with Crippen molar-refractivity contribution in [1.82, 2.24) is 10.2 Å². The van der Waals surface area contributed by atoms with Gasteiger partial charge in [-0.1, -0.05) is 15.9 Å². The van der Waals surface area contributed by atoms with Gasteiger partial charge in [0, 0.05) is 22.5 Å². The molecule has 0 aromatic heterocycles. The molecule has 0 atom stereocenters. The van der Waals surface area contributed by atoms with Crippen LogP contribution in [0.5, 0.6) is 0 Å². The minimum Gasteiger partial charge on any atom is -0.343 e. The van der Waals surface area contributed by atoms with E-state index in [2.05, 4.69) is 33.9 Å². The Morgan fingerprint density at radius 1 is 1.25 bits per heavy atom. The second-order valence-electron chi connectivity index (χ2n) is 4.79. The highest BCUT2D eigenvalue weighted by molar-refractivity contribution is 9.10. The van der Waals surface area contributed by atoms with Crippen LogP contribution in [0.4, 0.5) is 0 Å². The standard InChI is InChI=1S/C14H17BrN2O2S/c15-10-4-5-11(12(20)8-10)14(19)16-9-13(18)17-6-2-1-3-7-17/h4-5,8,20H,1-3,6-7,9H2,(H,16,19). The molecule has 2 amide bonds. The highest BCUT2D eigenvalue weighted by Crippen LogP contribution is 2.19. The molecule has 0 radical (unpaired) electrons. The third-order valence-electron chi connectivity index (χ3n) is 3.31. The van der Waals surface area contributed by atoms with Gasteiger partial charge < -0.3 is 10.2 Å². The monoisotopic (exact) mass is 356 g/mol. The fourth-order valence-corrected chi connectivity index (χ4v) is 3.06. The van der Waals surface area contributed by atoms with Crippen molar-refractivity contribution in [3.63, 3.8) is 0 Å². The van der Waals surface area contributed by atoms with Gasteiger partial charge in [0.25, 0.3) is 5.91 Å². The Morgan fingerprint density at radius 3 is 2.60 bits per heavy atom. The lowest BCUT2D eigenvalue weighted by Gasteiger charge is -2.26. The summed E-state index contributed by atoms with van der Waals surface area (Å²) in [5.41, 5.74) is 0.475. The number of hydrogen-bond donors (Lipinski definition) is 2. The van der Waals surface area contributed by atoms with Crippen LogP contribution in [0.25, 0.3) is 0 Å². The van der Waals surface area contributed by atoms with Crippen LogP contribution < -0.4 is 5.32 Å². The van der Waals surface area contributed by atoms with E-state index in [1.807, 2.05) is 4.90 Å². The van der Waals surface area contributed by atoms with Crippen molar-refractivity contribution in [2.24, 2.45) is 0 Å². The number of rotatable bonds is 3. The van der Waals surface area contributed by atoms with Gasteiger partial charge in [-0.05, 0) is 37.5 Å². The largest absolute Gasteiger partial charge is 0.343 e. The average molecular weight is 357 g/mol. The second-order valence-corrected chi connectivity index (χ2v) is 6.18. The number of carbonyl (C=O) groups is 2. The van der Waals surface area contributed by atoms with Crippen LogP contribution in [-0.2, 0) is 4.79 Å². The fraction of sp³-hybridized carbons (Fsp3) is 0.429. The first-order valence-corrected chi connectivity index (χ1v) is 7.86. The summed E-state index contributed by atoms with van der Waals surface area (Å²) in [7, 11) is 0. The minimum atomic E-state index is -0.271. The highest BCUT2D eigenvalue weighted by Gasteiger charge is 2.17. The molecular weight excluding hydrogens is 340 g/mol. The van der Waals surface area contributed by atoms with E-state index in [4.69, 9.17) is 0 Å². The number of amides is 2. The van der Waals surface area contributed by atoms with Gasteiger partial charge in [0.1, 0.15) is 0 Å². The molecule has 108 valence electrons. The SMILES string of the molecule is O=C(NCC(=O)N1CCCCC1)c1ccc(Br)cc1S. The van der Waals surface area contributed by atoms with Crippen molar-refractivity contribution in [3.8, 4) is 0 Å². The summed E-state index contributed by atoms with van der Waals surface area (Å²) in [6.07, 6.45) is 3.28. The molecule has 0 aliphatic carbocycles. The van der Waals surface area contributed by atoms with E-state index in [-0.39, 0.29) is 18.4 Å². The van der Waals surface area contributed by atoms with Gasteiger partial charge in [-0.25, -0.2) is 0 Å². The molecule has 1 aromatic rings. The number of nitrogens with zero attached hydrogens (tertiary/aromatic N) is 1. The predicted molar refractivity (Wildman–Crippen MR) is 84.2 cm³/mol. The number of nitrogens with one attached hydrogen (secondary N) is 1. The lowest BCUT2D eigenvalue weighted by atomic mass is 10.1. The van der Waals surface area contributed by atoms with Gasteiger partial charge in [-0.3, -0.25) is 9.59 Å². The maximum absolute atomic E-state index is 12.0. The first-order valence-electron chi connectivity index (χ1n) is 6.62. The van der Waals surface area contributed by atoms with E-state index in [9.17, 15) is 9.59 Å². The normalized spacial score (nSPS) is 15.0. The molecule has 0 saturated carbocycles. The summed E-state index contributed by atoms with van der Waals surface area (Å²) in [4.78, 5) is 26.4. The molecule has 1 N–H and O–H groups in total. The smallest absolute Gasteiger partial charge is 0.252 e. The third kappa shape index (κ3) is 3.99. The van der Waals surface area contributed by atoms with E-state index >= 15 is 0 Å². The van der Waals surface area contributed by atoms with E-state index < -0.39 is 0 Å². The van der Waals surface area contributed by atoms with Gasteiger partial charge in [-0.2, -0.15) is 0 Å². The predicted octanol–water partition coefficient (Wildman–Crippen LogP) is 2.48. The molecule has 4 nitrogen and oxygen atoms in total. The Labute approximate surface area is 132 Å².